The van der Waals surface area contributed by atoms with Gasteiger partial charge in [-0.3, -0.25) is 9.89 Å². The number of ether oxygens (including phenoxy) is 2. The van der Waals surface area contributed by atoms with E-state index in [4.69, 9.17) is 9.47 Å². The Morgan fingerprint density at radius 1 is 1.29 bits per heavy atom. The van der Waals surface area contributed by atoms with E-state index in [9.17, 15) is 13.2 Å². The molecule has 1 saturated heterocycles. The predicted octanol–water partition coefficient (Wildman–Crippen LogP) is 1.96. The van der Waals surface area contributed by atoms with Crippen LogP contribution in [0.2, 0.25) is 0 Å². The molecule has 1 aromatic heterocycles. The number of nitrogens with zero attached hydrogens (tertiary/aromatic N) is 2. The summed E-state index contributed by atoms with van der Waals surface area (Å²) in [6.45, 7) is 3.74. The zero-order chi connectivity index (χ0) is 20.4. The van der Waals surface area contributed by atoms with Crippen molar-refractivity contribution in [2.75, 3.05) is 20.3 Å². The number of nitrogens with one attached hydrogen (secondary N) is 1. The number of hydrogen-bond acceptors (Lipinski definition) is 7. The van der Waals surface area contributed by atoms with Gasteiger partial charge in [-0.05, 0) is 38.8 Å². The van der Waals surface area contributed by atoms with E-state index in [-0.39, 0.29) is 6.42 Å². The topological polar surface area (TPSA) is 111 Å². The molecule has 1 aliphatic heterocycles. The second-order valence-corrected chi connectivity index (χ2v) is 10.1. The Morgan fingerprint density at radius 3 is 2.64 bits per heavy atom. The van der Waals surface area contributed by atoms with Crippen LogP contribution >= 0.6 is 0 Å². The van der Waals surface area contributed by atoms with Crippen LogP contribution in [0.5, 0.6) is 5.75 Å². The van der Waals surface area contributed by atoms with Crippen molar-refractivity contribution >= 4 is 15.6 Å². The normalized spacial score (nSPS) is 16.1. The van der Waals surface area contributed by atoms with E-state index in [1.165, 1.54) is 13.8 Å². The van der Waals surface area contributed by atoms with Gasteiger partial charge >= 0.3 is 0 Å². The number of benzene rings is 1. The molecule has 152 valence electrons. The fourth-order valence-corrected chi connectivity index (χ4v) is 5.29. The number of carbonyl (C=O) groups excluding carboxylic acids is 1. The Labute approximate surface area is 164 Å². The van der Waals surface area contributed by atoms with Gasteiger partial charge in [-0.15, -0.1) is 0 Å². The number of aromatic amines is 1. The fraction of sp³-hybridized carbons (Fsp3) is 0.526. The lowest BCUT2D eigenvalue weighted by molar-refractivity contribution is -0.120. The molecule has 0 radical (unpaired) electrons. The summed E-state index contributed by atoms with van der Waals surface area (Å²) in [7, 11) is -2.09. The molecule has 0 amide bonds. The molecule has 1 fully saturated rings. The van der Waals surface area contributed by atoms with E-state index in [0.29, 0.717) is 49.0 Å². The molecule has 0 atom stereocenters. The minimum absolute atomic E-state index is 0.141. The van der Waals surface area contributed by atoms with E-state index in [0.717, 1.165) is 0 Å². The fourth-order valence-electron chi connectivity index (χ4n) is 3.25. The highest BCUT2D eigenvalue weighted by atomic mass is 32.2. The van der Waals surface area contributed by atoms with Crippen molar-refractivity contribution in [3.63, 3.8) is 0 Å². The summed E-state index contributed by atoms with van der Waals surface area (Å²) in [5, 5.41) is 6.33. The summed E-state index contributed by atoms with van der Waals surface area (Å²) in [4.78, 5) is 17.2. The van der Waals surface area contributed by atoms with E-state index < -0.39 is 25.6 Å². The first-order valence-electron chi connectivity index (χ1n) is 9.16. The maximum Gasteiger partial charge on any atom is 0.184 e. The molecule has 1 aliphatic rings. The van der Waals surface area contributed by atoms with Gasteiger partial charge in [0.1, 0.15) is 16.3 Å². The number of carbonyl (C=O) groups is 1. The average Bonchev–Trinajstić information content (AvgIpc) is 3.16. The summed E-state index contributed by atoms with van der Waals surface area (Å²) in [6, 6.07) is 7.28. The van der Waals surface area contributed by atoms with Crippen LogP contribution in [0.25, 0.3) is 11.4 Å². The number of H-pyrrole nitrogens is 1. The van der Waals surface area contributed by atoms with Crippen molar-refractivity contribution in [2.45, 2.75) is 43.1 Å². The summed E-state index contributed by atoms with van der Waals surface area (Å²) in [6.07, 6.45) is 0.691. The molecular weight excluding hydrogens is 382 g/mol. The first-order chi connectivity index (χ1) is 13.3. The van der Waals surface area contributed by atoms with Crippen LogP contribution in [0, 0.1) is 0 Å². The van der Waals surface area contributed by atoms with Gasteiger partial charge < -0.3 is 9.47 Å². The molecule has 1 aromatic carbocycles. The molecule has 9 heteroatoms. The SMILES string of the molecule is COc1ccccc1-c1n[nH]c(CC(=O)C(C)(C)S(=O)(=O)C2CCOCC2)n1. The molecule has 0 saturated carbocycles. The van der Waals surface area contributed by atoms with E-state index in [2.05, 4.69) is 15.2 Å². The van der Waals surface area contributed by atoms with Crippen LogP contribution in [-0.4, -0.2) is 59.7 Å². The monoisotopic (exact) mass is 407 g/mol. The van der Waals surface area contributed by atoms with E-state index in [1.54, 1.807) is 13.2 Å². The van der Waals surface area contributed by atoms with Crippen LogP contribution in [-0.2, 0) is 25.8 Å². The number of methoxy groups -OCH3 is 1. The number of sulfone groups is 1. The van der Waals surface area contributed by atoms with Gasteiger partial charge in [-0.25, -0.2) is 13.4 Å². The number of para-hydroxylation sites is 1. The minimum atomic E-state index is -3.65. The molecule has 0 aliphatic carbocycles. The highest BCUT2D eigenvalue weighted by molar-refractivity contribution is 7.94. The van der Waals surface area contributed by atoms with Crippen LogP contribution in [0.3, 0.4) is 0 Å². The van der Waals surface area contributed by atoms with Gasteiger partial charge in [0.25, 0.3) is 0 Å². The van der Waals surface area contributed by atoms with Crippen LogP contribution in [0.1, 0.15) is 32.5 Å². The summed E-state index contributed by atoms with van der Waals surface area (Å²) in [5.41, 5.74) is 0.689. The lowest BCUT2D eigenvalue weighted by Gasteiger charge is -2.31. The van der Waals surface area contributed by atoms with Gasteiger partial charge in [0, 0.05) is 13.2 Å². The second-order valence-electron chi connectivity index (χ2n) is 7.27. The number of hydrogen-bond donors (Lipinski definition) is 1. The Hall–Kier alpha value is -2.26. The summed E-state index contributed by atoms with van der Waals surface area (Å²) >= 11 is 0. The number of Topliss-reactive ketones (excluding diaryl/α,β-unsaturated/α-hetero) is 1. The number of aromatic nitrogens is 3. The van der Waals surface area contributed by atoms with Crippen molar-refractivity contribution in [1.29, 1.82) is 0 Å². The molecule has 8 nitrogen and oxygen atoms in total. The van der Waals surface area contributed by atoms with Crippen molar-refractivity contribution in [2.24, 2.45) is 0 Å². The lowest BCUT2D eigenvalue weighted by atomic mass is 10.1. The highest BCUT2D eigenvalue weighted by Crippen LogP contribution is 2.30. The van der Waals surface area contributed by atoms with Crippen LogP contribution in [0.4, 0.5) is 0 Å². The molecule has 2 aromatic rings. The Kier molecular flexibility index (Phi) is 5.85. The van der Waals surface area contributed by atoms with E-state index in [1.807, 2.05) is 18.2 Å². The zero-order valence-corrected chi connectivity index (χ0v) is 17.1. The molecule has 3 rings (SSSR count). The molecule has 1 N–H and O–H groups in total. The number of rotatable bonds is 7. The smallest absolute Gasteiger partial charge is 0.184 e. The molecule has 2 heterocycles. The molecule has 28 heavy (non-hydrogen) atoms. The molecule has 0 spiro atoms. The Bertz CT molecular complexity index is 946. The van der Waals surface area contributed by atoms with Crippen LogP contribution in [0.15, 0.2) is 24.3 Å². The van der Waals surface area contributed by atoms with Crippen LogP contribution < -0.4 is 4.74 Å². The summed E-state index contributed by atoms with van der Waals surface area (Å²) < 4.78 is 35.1. The van der Waals surface area contributed by atoms with Crippen molar-refractivity contribution in [1.82, 2.24) is 15.2 Å². The van der Waals surface area contributed by atoms with Crippen molar-refractivity contribution < 1.29 is 22.7 Å². The third kappa shape index (κ3) is 3.81. The first kappa shape index (κ1) is 20.5. The third-order valence-corrected chi connectivity index (χ3v) is 8.20. The largest absolute Gasteiger partial charge is 0.496 e. The molecule has 0 bridgehead atoms. The maximum atomic E-state index is 13.0. The van der Waals surface area contributed by atoms with Gasteiger partial charge in [0.05, 0.1) is 24.3 Å². The first-order valence-corrected chi connectivity index (χ1v) is 10.7. The molecular formula is C19H25N3O5S. The predicted molar refractivity (Wildman–Crippen MR) is 104 cm³/mol. The van der Waals surface area contributed by atoms with Crippen molar-refractivity contribution in [3.8, 4) is 17.1 Å². The van der Waals surface area contributed by atoms with Gasteiger partial charge in [0.2, 0.25) is 0 Å². The quantitative estimate of drug-likeness (QED) is 0.747. The van der Waals surface area contributed by atoms with Gasteiger partial charge in [-0.1, -0.05) is 12.1 Å². The zero-order valence-electron chi connectivity index (χ0n) is 16.3. The van der Waals surface area contributed by atoms with Crippen molar-refractivity contribution in [3.05, 3.63) is 30.1 Å². The lowest BCUT2D eigenvalue weighted by Crippen LogP contribution is -2.48. The number of ketones is 1. The second kappa shape index (κ2) is 8.00. The Morgan fingerprint density at radius 2 is 1.96 bits per heavy atom. The summed E-state index contributed by atoms with van der Waals surface area (Å²) in [5.74, 6) is 0.912. The highest BCUT2D eigenvalue weighted by Gasteiger charge is 2.46. The Balaban J connectivity index is 1.78. The molecule has 0 unspecified atom stereocenters. The maximum absolute atomic E-state index is 13.0. The minimum Gasteiger partial charge on any atom is -0.496 e. The third-order valence-electron chi connectivity index (χ3n) is 5.20. The standard InChI is InChI=1S/C19H25N3O5S/c1-19(2,28(24,25)13-8-10-27-11-9-13)16(23)12-17-20-18(22-21-17)14-6-4-5-7-15(14)26-3/h4-7,13H,8-12H2,1-3H3,(H,20,21,22). The van der Waals surface area contributed by atoms with Gasteiger partial charge in [0.15, 0.2) is 21.4 Å². The average molecular weight is 407 g/mol. The van der Waals surface area contributed by atoms with Gasteiger partial charge in [-0.2, -0.15) is 5.10 Å². The van der Waals surface area contributed by atoms with E-state index >= 15 is 0 Å².